The molecular formula is C19H17F2N5O. The number of rotatable bonds is 5. The lowest BCUT2D eigenvalue weighted by Crippen LogP contribution is -2.06. The van der Waals surface area contributed by atoms with Crippen LogP contribution in [0, 0.1) is 18.6 Å². The smallest absolute Gasteiger partial charge is 0.229 e. The second-order valence-electron chi connectivity index (χ2n) is 5.86. The summed E-state index contributed by atoms with van der Waals surface area (Å²) in [6.45, 7) is 3.22. The summed E-state index contributed by atoms with van der Waals surface area (Å²) in [7, 11) is 0. The highest BCUT2D eigenvalue weighted by atomic mass is 19.2. The van der Waals surface area contributed by atoms with E-state index in [1.165, 1.54) is 13.0 Å². The van der Waals surface area contributed by atoms with Gasteiger partial charge in [-0.15, -0.1) is 0 Å². The molecule has 8 heteroatoms. The number of hydrogen-bond donors (Lipinski definition) is 3. The molecule has 0 spiro atoms. The third-order valence-electron chi connectivity index (χ3n) is 3.49. The number of aromatic nitrogens is 2. The lowest BCUT2D eigenvalue weighted by Gasteiger charge is -2.11. The molecule has 6 nitrogen and oxygen atoms in total. The number of amides is 1. The van der Waals surface area contributed by atoms with Crippen LogP contribution in [0.15, 0.2) is 48.5 Å². The molecule has 1 aromatic heterocycles. The van der Waals surface area contributed by atoms with E-state index in [0.29, 0.717) is 22.9 Å². The van der Waals surface area contributed by atoms with Crippen LogP contribution in [0.25, 0.3) is 0 Å². The van der Waals surface area contributed by atoms with Crippen molar-refractivity contribution in [2.45, 2.75) is 13.8 Å². The molecule has 1 heterocycles. The van der Waals surface area contributed by atoms with Crippen LogP contribution in [0.3, 0.4) is 0 Å². The van der Waals surface area contributed by atoms with Gasteiger partial charge in [-0.2, -0.15) is 4.98 Å². The summed E-state index contributed by atoms with van der Waals surface area (Å²) in [6.07, 6.45) is 0. The zero-order chi connectivity index (χ0) is 19.4. The maximum atomic E-state index is 13.4. The molecule has 0 aliphatic heterocycles. The van der Waals surface area contributed by atoms with Gasteiger partial charge in [0, 0.05) is 41.8 Å². The molecule has 3 N–H and O–H groups in total. The Labute approximate surface area is 154 Å². The van der Waals surface area contributed by atoms with Gasteiger partial charge in [0.15, 0.2) is 11.6 Å². The summed E-state index contributed by atoms with van der Waals surface area (Å²) < 4.78 is 26.4. The maximum absolute atomic E-state index is 13.4. The summed E-state index contributed by atoms with van der Waals surface area (Å²) in [5.74, 6) is -1.30. The van der Waals surface area contributed by atoms with Crippen LogP contribution in [0.5, 0.6) is 0 Å². The van der Waals surface area contributed by atoms with Crippen molar-refractivity contribution in [1.29, 1.82) is 0 Å². The highest BCUT2D eigenvalue weighted by Crippen LogP contribution is 2.22. The van der Waals surface area contributed by atoms with Crippen molar-refractivity contribution in [1.82, 2.24) is 9.97 Å². The van der Waals surface area contributed by atoms with E-state index in [-0.39, 0.29) is 11.9 Å². The SMILES string of the molecule is CC(=O)Nc1cccc(Nc2cc(C)nc(Nc3ccc(F)c(F)c3)n2)c1. The van der Waals surface area contributed by atoms with Crippen LogP contribution in [0.1, 0.15) is 12.6 Å². The minimum absolute atomic E-state index is 0.164. The average Bonchev–Trinajstić information content (AvgIpc) is 2.57. The standard InChI is InChI=1S/C19H17F2N5O/c1-11-8-18(24-14-5-3-4-13(9-14)23-12(2)27)26-19(22-11)25-15-6-7-16(20)17(21)10-15/h3-10H,1-2H3,(H,23,27)(H2,22,24,25,26). The van der Waals surface area contributed by atoms with Crippen molar-refractivity contribution in [2.75, 3.05) is 16.0 Å². The predicted molar refractivity (Wildman–Crippen MR) is 100 cm³/mol. The number of carbonyl (C=O) groups is 1. The van der Waals surface area contributed by atoms with Crippen LogP contribution in [0.2, 0.25) is 0 Å². The number of carbonyl (C=O) groups excluding carboxylic acids is 1. The molecular weight excluding hydrogens is 352 g/mol. The molecule has 0 aliphatic rings. The molecule has 1 amide bonds. The Morgan fingerprint density at radius 3 is 2.37 bits per heavy atom. The van der Waals surface area contributed by atoms with E-state index >= 15 is 0 Å². The second kappa shape index (κ2) is 7.77. The van der Waals surface area contributed by atoms with Crippen LogP contribution in [-0.2, 0) is 4.79 Å². The molecule has 0 unspecified atom stereocenters. The first-order valence-corrected chi connectivity index (χ1v) is 8.11. The lowest BCUT2D eigenvalue weighted by molar-refractivity contribution is -0.114. The van der Waals surface area contributed by atoms with Crippen molar-refractivity contribution >= 4 is 34.7 Å². The van der Waals surface area contributed by atoms with Crippen LogP contribution < -0.4 is 16.0 Å². The molecule has 0 radical (unpaired) electrons. The lowest BCUT2D eigenvalue weighted by atomic mass is 10.2. The quantitative estimate of drug-likeness (QED) is 0.617. The minimum atomic E-state index is -0.958. The summed E-state index contributed by atoms with van der Waals surface area (Å²) in [6, 6.07) is 12.4. The first-order valence-electron chi connectivity index (χ1n) is 8.11. The van der Waals surface area contributed by atoms with E-state index in [4.69, 9.17) is 0 Å². The van der Waals surface area contributed by atoms with Crippen molar-refractivity contribution in [3.05, 3.63) is 65.9 Å². The summed E-state index contributed by atoms with van der Waals surface area (Å²) in [4.78, 5) is 19.8. The normalized spacial score (nSPS) is 10.4. The van der Waals surface area contributed by atoms with E-state index in [0.717, 1.165) is 17.8 Å². The molecule has 0 bridgehead atoms. The molecule has 0 aliphatic carbocycles. The third-order valence-corrected chi connectivity index (χ3v) is 3.49. The molecule has 0 saturated carbocycles. The molecule has 3 rings (SSSR count). The predicted octanol–water partition coefficient (Wildman–Crippen LogP) is 4.51. The van der Waals surface area contributed by atoms with Crippen LogP contribution in [-0.4, -0.2) is 15.9 Å². The van der Waals surface area contributed by atoms with Gasteiger partial charge in [-0.25, -0.2) is 13.8 Å². The molecule has 0 fully saturated rings. The number of benzene rings is 2. The molecule has 138 valence electrons. The first kappa shape index (κ1) is 18.2. The number of halogens is 2. The van der Waals surface area contributed by atoms with Gasteiger partial charge in [0.1, 0.15) is 5.82 Å². The van der Waals surface area contributed by atoms with Gasteiger partial charge in [0.05, 0.1) is 0 Å². The zero-order valence-electron chi connectivity index (χ0n) is 14.7. The van der Waals surface area contributed by atoms with Gasteiger partial charge in [0.25, 0.3) is 0 Å². The Kier molecular flexibility index (Phi) is 5.25. The fourth-order valence-electron chi connectivity index (χ4n) is 2.42. The molecule has 2 aromatic carbocycles. The minimum Gasteiger partial charge on any atom is -0.340 e. The number of aryl methyl sites for hydroxylation is 1. The molecule has 3 aromatic rings. The van der Waals surface area contributed by atoms with Gasteiger partial charge < -0.3 is 16.0 Å². The third kappa shape index (κ3) is 4.97. The van der Waals surface area contributed by atoms with Gasteiger partial charge in [0.2, 0.25) is 11.9 Å². The number of nitrogens with one attached hydrogen (secondary N) is 3. The van der Waals surface area contributed by atoms with Crippen molar-refractivity contribution in [3.63, 3.8) is 0 Å². The summed E-state index contributed by atoms with van der Waals surface area (Å²) >= 11 is 0. The Hall–Kier alpha value is -3.55. The number of anilines is 5. The van der Waals surface area contributed by atoms with E-state index < -0.39 is 11.6 Å². The Balaban J connectivity index is 1.81. The topological polar surface area (TPSA) is 78.9 Å². The van der Waals surface area contributed by atoms with Crippen LogP contribution >= 0.6 is 0 Å². The van der Waals surface area contributed by atoms with Gasteiger partial charge in [-0.1, -0.05) is 6.07 Å². The van der Waals surface area contributed by atoms with Crippen molar-refractivity contribution in [2.24, 2.45) is 0 Å². The highest BCUT2D eigenvalue weighted by Gasteiger charge is 2.07. The van der Waals surface area contributed by atoms with Gasteiger partial charge >= 0.3 is 0 Å². The molecule has 0 atom stereocenters. The Morgan fingerprint density at radius 1 is 0.889 bits per heavy atom. The Bertz CT molecular complexity index is 994. The van der Waals surface area contributed by atoms with E-state index in [2.05, 4.69) is 25.9 Å². The van der Waals surface area contributed by atoms with E-state index in [9.17, 15) is 13.6 Å². The largest absolute Gasteiger partial charge is 0.340 e. The van der Waals surface area contributed by atoms with Gasteiger partial charge in [-0.3, -0.25) is 4.79 Å². The van der Waals surface area contributed by atoms with E-state index in [1.54, 1.807) is 31.2 Å². The fourth-order valence-corrected chi connectivity index (χ4v) is 2.42. The Morgan fingerprint density at radius 2 is 1.63 bits per heavy atom. The van der Waals surface area contributed by atoms with Crippen molar-refractivity contribution < 1.29 is 13.6 Å². The summed E-state index contributed by atoms with van der Waals surface area (Å²) in [5.41, 5.74) is 2.38. The van der Waals surface area contributed by atoms with Crippen molar-refractivity contribution in [3.8, 4) is 0 Å². The van der Waals surface area contributed by atoms with E-state index in [1.807, 2.05) is 6.07 Å². The monoisotopic (exact) mass is 369 g/mol. The van der Waals surface area contributed by atoms with Gasteiger partial charge in [-0.05, 0) is 37.3 Å². The van der Waals surface area contributed by atoms with Crippen LogP contribution in [0.4, 0.5) is 37.6 Å². The molecule has 0 saturated heterocycles. The second-order valence-corrected chi connectivity index (χ2v) is 5.86. The highest BCUT2D eigenvalue weighted by molar-refractivity contribution is 5.89. The summed E-state index contributed by atoms with van der Waals surface area (Å²) in [5, 5.41) is 8.69. The maximum Gasteiger partial charge on any atom is 0.229 e. The number of nitrogens with zero attached hydrogens (tertiary/aromatic N) is 2. The fraction of sp³-hybridized carbons (Fsp3) is 0.105. The first-order chi connectivity index (χ1) is 12.9. The zero-order valence-corrected chi connectivity index (χ0v) is 14.7. The molecule has 27 heavy (non-hydrogen) atoms. The average molecular weight is 369 g/mol. The number of hydrogen-bond acceptors (Lipinski definition) is 5.